The highest BCUT2D eigenvalue weighted by Gasteiger charge is 2.15. The Balaban J connectivity index is 1.79. The van der Waals surface area contributed by atoms with E-state index >= 15 is 0 Å². The van der Waals surface area contributed by atoms with E-state index in [0.717, 1.165) is 5.56 Å². The Kier molecular flexibility index (Phi) is 6.44. The molecule has 0 fully saturated rings. The van der Waals surface area contributed by atoms with E-state index in [1.807, 2.05) is 0 Å². The summed E-state index contributed by atoms with van der Waals surface area (Å²) >= 11 is 12.1. The summed E-state index contributed by atoms with van der Waals surface area (Å²) in [6.07, 6.45) is 1.33. The van der Waals surface area contributed by atoms with Crippen molar-refractivity contribution in [1.82, 2.24) is 5.32 Å². The van der Waals surface area contributed by atoms with Crippen molar-refractivity contribution in [1.29, 1.82) is 0 Å². The van der Waals surface area contributed by atoms with E-state index in [-0.39, 0.29) is 16.5 Å². The summed E-state index contributed by atoms with van der Waals surface area (Å²) in [5, 5.41) is 5.35. The van der Waals surface area contributed by atoms with Gasteiger partial charge in [0, 0.05) is 0 Å². The third kappa shape index (κ3) is 5.23. The molecule has 0 aliphatic heterocycles. The smallest absolute Gasteiger partial charge is 0.325 e. The zero-order valence-corrected chi connectivity index (χ0v) is 14.6. The number of nitrogens with one attached hydrogen (secondary N) is 2. The van der Waals surface area contributed by atoms with Crippen LogP contribution in [0.2, 0.25) is 10.0 Å². The first-order chi connectivity index (χ1) is 11.9. The molecule has 2 aromatic rings. The van der Waals surface area contributed by atoms with Crippen LogP contribution in [-0.2, 0) is 14.3 Å². The van der Waals surface area contributed by atoms with Crippen LogP contribution < -0.4 is 10.6 Å². The first kappa shape index (κ1) is 18.8. The molecular weight excluding hydrogens is 371 g/mol. The fraction of sp³-hybridized carbons (Fsp3) is 0.188. The Bertz CT molecular complexity index is 790. The van der Waals surface area contributed by atoms with Crippen LogP contribution in [0.3, 0.4) is 0 Å². The molecule has 2 N–H and O–H groups in total. The van der Waals surface area contributed by atoms with Gasteiger partial charge in [0.25, 0.3) is 11.8 Å². The molecule has 0 spiro atoms. The van der Waals surface area contributed by atoms with Gasteiger partial charge in [0.05, 0.1) is 22.0 Å². The highest BCUT2D eigenvalue weighted by Crippen LogP contribution is 2.32. The van der Waals surface area contributed by atoms with Gasteiger partial charge in [0.2, 0.25) is 0 Å². The highest BCUT2D eigenvalue weighted by molar-refractivity contribution is 6.40. The van der Waals surface area contributed by atoms with E-state index in [0.29, 0.717) is 5.02 Å². The number of aryl methyl sites for hydroxylation is 1. The van der Waals surface area contributed by atoms with Crippen molar-refractivity contribution in [2.24, 2.45) is 0 Å². The van der Waals surface area contributed by atoms with E-state index in [2.05, 4.69) is 10.6 Å². The fourth-order valence-corrected chi connectivity index (χ4v) is 2.26. The van der Waals surface area contributed by atoms with Crippen LogP contribution in [0.25, 0.3) is 0 Å². The van der Waals surface area contributed by atoms with E-state index in [1.54, 1.807) is 25.1 Å². The van der Waals surface area contributed by atoms with Crippen molar-refractivity contribution >= 4 is 46.7 Å². The molecule has 1 heterocycles. The maximum absolute atomic E-state index is 11.8. The predicted octanol–water partition coefficient (Wildman–Crippen LogP) is 2.81. The van der Waals surface area contributed by atoms with Crippen LogP contribution in [-0.4, -0.2) is 30.9 Å². The van der Waals surface area contributed by atoms with Crippen molar-refractivity contribution in [2.45, 2.75) is 6.92 Å². The standard InChI is InChI=1S/C16H14Cl2N2O5/c1-9-4-5-10(17)15(14(9)18)20-12(21)8-25-13(22)7-19-16(23)11-3-2-6-24-11/h2-6H,7-8H2,1H3,(H,19,23)(H,20,21). The minimum absolute atomic E-state index is 0.0641. The lowest BCUT2D eigenvalue weighted by molar-refractivity contribution is -0.146. The van der Waals surface area contributed by atoms with E-state index in [1.165, 1.54) is 12.3 Å². The minimum Gasteiger partial charge on any atom is -0.459 e. The van der Waals surface area contributed by atoms with Gasteiger partial charge in [-0.1, -0.05) is 29.3 Å². The Morgan fingerprint density at radius 3 is 2.64 bits per heavy atom. The molecule has 0 radical (unpaired) electrons. The number of amides is 2. The number of furan rings is 1. The average Bonchev–Trinajstić information content (AvgIpc) is 3.13. The summed E-state index contributed by atoms with van der Waals surface area (Å²) in [5.74, 6) is -1.89. The number of benzene rings is 1. The summed E-state index contributed by atoms with van der Waals surface area (Å²) < 4.78 is 9.64. The largest absolute Gasteiger partial charge is 0.459 e. The monoisotopic (exact) mass is 384 g/mol. The molecule has 0 aliphatic carbocycles. The Morgan fingerprint density at radius 2 is 1.96 bits per heavy atom. The number of halogens is 2. The molecule has 25 heavy (non-hydrogen) atoms. The molecule has 132 valence electrons. The molecule has 1 aromatic carbocycles. The molecule has 0 saturated heterocycles. The van der Waals surface area contributed by atoms with E-state index in [9.17, 15) is 14.4 Å². The topological polar surface area (TPSA) is 97.6 Å². The number of anilines is 1. The normalized spacial score (nSPS) is 10.2. The van der Waals surface area contributed by atoms with Crippen LogP contribution in [0, 0.1) is 6.92 Å². The number of hydrogen-bond acceptors (Lipinski definition) is 5. The maximum atomic E-state index is 11.8. The van der Waals surface area contributed by atoms with Crippen LogP contribution in [0.1, 0.15) is 16.1 Å². The van der Waals surface area contributed by atoms with Crippen LogP contribution >= 0.6 is 23.2 Å². The van der Waals surface area contributed by atoms with Gasteiger partial charge in [-0.3, -0.25) is 14.4 Å². The Morgan fingerprint density at radius 1 is 1.20 bits per heavy atom. The van der Waals surface area contributed by atoms with Gasteiger partial charge in [0.1, 0.15) is 6.54 Å². The second kappa shape index (κ2) is 8.55. The van der Waals surface area contributed by atoms with Gasteiger partial charge >= 0.3 is 5.97 Å². The molecule has 0 unspecified atom stereocenters. The molecule has 7 nitrogen and oxygen atoms in total. The molecule has 1 aromatic heterocycles. The molecule has 9 heteroatoms. The van der Waals surface area contributed by atoms with Gasteiger partial charge in [-0.2, -0.15) is 0 Å². The summed E-state index contributed by atoms with van der Waals surface area (Å²) in [7, 11) is 0. The van der Waals surface area contributed by atoms with Crippen molar-refractivity contribution in [3.8, 4) is 0 Å². The lowest BCUT2D eigenvalue weighted by Gasteiger charge is -2.11. The van der Waals surface area contributed by atoms with Crippen molar-refractivity contribution in [3.05, 3.63) is 51.9 Å². The summed E-state index contributed by atoms with van der Waals surface area (Å²) in [6.45, 7) is 0.810. The molecule has 0 saturated carbocycles. The van der Waals surface area contributed by atoms with Gasteiger partial charge in [-0.25, -0.2) is 0 Å². The van der Waals surface area contributed by atoms with E-state index < -0.39 is 30.9 Å². The molecular formula is C16H14Cl2N2O5. The molecule has 0 atom stereocenters. The first-order valence-corrected chi connectivity index (χ1v) is 7.86. The number of ether oxygens (including phenoxy) is 1. The Hall–Kier alpha value is -2.51. The molecule has 2 rings (SSSR count). The van der Waals surface area contributed by atoms with Crippen molar-refractivity contribution < 1.29 is 23.5 Å². The lowest BCUT2D eigenvalue weighted by atomic mass is 10.2. The summed E-state index contributed by atoms with van der Waals surface area (Å²) in [4.78, 5) is 35.0. The fourth-order valence-electron chi connectivity index (χ4n) is 1.79. The van der Waals surface area contributed by atoms with Crippen LogP contribution in [0.15, 0.2) is 34.9 Å². The summed E-state index contributed by atoms with van der Waals surface area (Å²) in [6, 6.07) is 6.29. The number of rotatable bonds is 6. The van der Waals surface area contributed by atoms with Crippen molar-refractivity contribution in [3.63, 3.8) is 0 Å². The number of carbonyl (C=O) groups excluding carboxylic acids is 3. The lowest BCUT2D eigenvalue weighted by Crippen LogP contribution is -2.32. The minimum atomic E-state index is -0.781. The SMILES string of the molecule is Cc1ccc(Cl)c(NC(=O)COC(=O)CNC(=O)c2ccco2)c1Cl. The third-order valence-electron chi connectivity index (χ3n) is 3.05. The van der Waals surface area contributed by atoms with Gasteiger partial charge in [-0.05, 0) is 30.7 Å². The Labute approximate surface area is 153 Å². The molecule has 2 amide bonds. The van der Waals surface area contributed by atoms with Crippen LogP contribution in [0.5, 0.6) is 0 Å². The molecule has 0 aliphatic rings. The zero-order chi connectivity index (χ0) is 18.4. The zero-order valence-electron chi connectivity index (χ0n) is 13.1. The third-order valence-corrected chi connectivity index (χ3v) is 3.85. The van der Waals surface area contributed by atoms with E-state index in [4.69, 9.17) is 32.4 Å². The first-order valence-electron chi connectivity index (χ1n) is 7.10. The number of hydrogen-bond donors (Lipinski definition) is 2. The van der Waals surface area contributed by atoms with Crippen LogP contribution in [0.4, 0.5) is 5.69 Å². The highest BCUT2D eigenvalue weighted by atomic mass is 35.5. The number of carbonyl (C=O) groups is 3. The summed E-state index contributed by atoms with van der Waals surface area (Å²) in [5.41, 5.74) is 0.981. The average molecular weight is 385 g/mol. The van der Waals surface area contributed by atoms with Gasteiger partial charge < -0.3 is 19.8 Å². The van der Waals surface area contributed by atoms with Crippen molar-refractivity contribution in [2.75, 3.05) is 18.5 Å². The molecule has 0 bridgehead atoms. The second-order valence-electron chi connectivity index (χ2n) is 4.92. The maximum Gasteiger partial charge on any atom is 0.325 e. The quantitative estimate of drug-likeness (QED) is 0.746. The number of esters is 1. The predicted molar refractivity (Wildman–Crippen MR) is 91.8 cm³/mol. The van der Waals surface area contributed by atoms with Gasteiger partial charge in [-0.15, -0.1) is 0 Å². The second-order valence-corrected chi connectivity index (χ2v) is 5.71. The van der Waals surface area contributed by atoms with Gasteiger partial charge in [0.15, 0.2) is 12.4 Å².